The maximum absolute atomic E-state index is 11.6. The van der Waals surface area contributed by atoms with Crippen molar-refractivity contribution in [2.45, 2.75) is 39.3 Å². The smallest absolute Gasteiger partial charge is 0.152 e. The van der Waals surface area contributed by atoms with E-state index in [4.69, 9.17) is 0 Å². The number of hydrogen-bond acceptors (Lipinski definition) is 4. The summed E-state index contributed by atoms with van der Waals surface area (Å²) in [6.07, 6.45) is 2.62. The third-order valence-electron chi connectivity index (χ3n) is 3.92. The van der Waals surface area contributed by atoms with Gasteiger partial charge in [-0.1, -0.05) is 19.1 Å². The normalized spacial score (nSPS) is 17.8. The van der Waals surface area contributed by atoms with Crippen LogP contribution in [0.3, 0.4) is 0 Å². The first kappa shape index (κ1) is 16.3. The largest absolute Gasteiger partial charge is 0.382 e. The summed E-state index contributed by atoms with van der Waals surface area (Å²) in [6, 6.07) is 8.27. The number of hydrogen-bond donors (Lipinski definition) is 1. The maximum Gasteiger partial charge on any atom is 0.152 e. The first-order valence-electron chi connectivity index (χ1n) is 7.77. The van der Waals surface area contributed by atoms with Crippen LogP contribution in [0.25, 0.3) is 0 Å². The Morgan fingerprint density at radius 1 is 1.19 bits per heavy atom. The van der Waals surface area contributed by atoms with E-state index in [-0.39, 0.29) is 17.5 Å². The lowest BCUT2D eigenvalue weighted by atomic mass is 10.2. The first-order valence-corrected chi connectivity index (χ1v) is 9.59. The Morgan fingerprint density at radius 2 is 1.81 bits per heavy atom. The summed E-state index contributed by atoms with van der Waals surface area (Å²) in [6.45, 7) is 7.01. The fraction of sp³-hybridized carbons (Fsp3) is 0.625. The predicted octanol–water partition coefficient (Wildman–Crippen LogP) is 2.52. The molecule has 1 N–H and O–H groups in total. The molecular formula is C16H26N2O2S. The molecule has 21 heavy (non-hydrogen) atoms. The standard InChI is InChI=1S/C16H26N2O2S/c1-3-21(19,20)13-14(2)17-16-8-6-15(7-9-16)12-18-10-4-5-11-18/h6-9,14,17H,3-5,10-13H2,1-2H3. The second kappa shape index (κ2) is 7.27. The Kier molecular flexibility index (Phi) is 5.65. The third-order valence-corrected chi connectivity index (χ3v) is 5.80. The van der Waals surface area contributed by atoms with Crippen LogP contribution in [0, 0.1) is 0 Å². The van der Waals surface area contributed by atoms with Gasteiger partial charge in [0, 0.05) is 24.0 Å². The van der Waals surface area contributed by atoms with Crippen LogP contribution >= 0.6 is 0 Å². The van der Waals surface area contributed by atoms with Gasteiger partial charge in [-0.05, 0) is 50.6 Å². The molecule has 0 amide bonds. The SMILES string of the molecule is CCS(=O)(=O)CC(C)Nc1ccc(CN2CCCC2)cc1. The van der Waals surface area contributed by atoms with E-state index in [2.05, 4.69) is 22.3 Å². The highest BCUT2D eigenvalue weighted by molar-refractivity contribution is 7.91. The number of sulfone groups is 1. The number of rotatable bonds is 7. The molecule has 2 rings (SSSR count). The molecule has 0 spiro atoms. The van der Waals surface area contributed by atoms with Crippen molar-refractivity contribution >= 4 is 15.5 Å². The Bertz CT molecular complexity index is 534. The van der Waals surface area contributed by atoms with E-state index in [1.807, 2.05) is 19.1 Å². The van der Waals surface area contributed by atoms with E-state index in [0.29, 0.717) is 0 Å². The van der Waals surface area contributed by atoms with E-state index in [1.54, 1.807) is 6.92 Å². The van der Waals surface area contributed by atoms with Gasteiger partial charge in [0.2, 0.25) is 0 Å². The summed E-state index contributed by atoms with van der Waals surface area (Å²) in [5.74, 6) is 0.382. The first-order chi connectivity index (χ1) is 9.98. The van der Waals surface area contributed by atoms with Crippen molar-refractivity contribution in [2.24, 2.45) is 0 Å². The van der Waals surface area contributed by atoms with Crippen molar-refractivity contribution in [3.8, 4) is 0 Å². The Morgan fingerprint density at radius 3 is 2.38 bits per heavy atom. The minimum absolute atomic E-state index is 0.0700. The molecule has 1 saturated heterocycles. The van der Waals surface area contributed by atoms with Crippen LogP contribution in [0.15, 0.2) is 24.3 Å². The molecule has 1 aromatic carbocycles. The predicted molar refractivity (Wildman–Crippen MR) is 88.4 cm³/mol. The lowest BCUT2D eigenvalue weighted by Crippen LogP contribution is -2.26. The van der Waals surface area contributed by atoms with Crippen molar-refractivity contribution in [2.75, 3.05) is 29.9 Å². The van der Waals surface area contributed by atoms with Gasteiger partial charge in [-0.25, -0.2) is 8.42 Å². The average molecular weight is 310 g/mol. The lowest BCUT2D eigenvalue weighted by molar-refractivity contribution is 0.331. The molecule has 5 heteroatoms. The van der Waals surface area contributed by atoms with Gasteiger partial charge in [0.1, 0.15) is 0 Å². The second-order valence-corrected chi connectivity index (χ2v) is 8.32. The molecule has 1 atom stereocenters. The summed E-state index contributed by atoms with van der Waals surface area (Å²) in [7, 11) is -2.93. The number of anilines is 1. The molecule has 1 aromatic rings. The van der Waals surface area contributed by atoms with Crippen molar-refractivity contribution in [3.63, 3.8) is 0 Å². The van der Waals surface area contributed by atoms with Gasteiger partial charge in [0.15, 0.2) is 9.84 Å². The zero-order valence-electron chi connectivity index (χ0n) is 13.0. The summed E-state index contributed by atoms with van der Waals surface area (Å²) in [4.78, 5) is 2.47. The minimum atomic E-state index is -2.93. The molecule has 4 nitrogen and oxygen atoms in total. The molecule has 0 bridgehead atoms. The zero-order chi connectivity index (χ0) is 15.3. The van der Waals surface area contributed by atoms with Crippen LogP contribution < -0.4 is 5.32 Å². The molecule has 1 unspecified atom stereocenters. The number of nitrogens with one attached hydrogen (secondary N) is 1. The van der Waals surface area contributed by atoms with Crippen LogP contribution in [0.4, 0.5) is 5.69 Å². The van der Waals surface area contributed by atoms with Gasteiger partial charge in [-0.15, -0.1) is 0 Å². The molecule has 0 aliphatic carbocycles. The summed E-state index contributed by atoms with van der Waals surface area (Å²) in [5.41, 5.74) is 2.30. The van der Waals surface area contributed by atoms with Crippen LogP contribution in [0.1, 0.15) is 32.3 Å². The maximum atomic E-state index is 11.6. The Labute approximate surface area is 128 Å². The second-order valence-electron chi connectivity index (χ2n) is 5.92. The Hall–Kier alpha value is -1.07. The number of benzene rings is 1. The van der Waals surface area contributed by atoms with Gasteiger partial charge in [-0.3, -0.25) is 4.90 Å². The Balaban J connectivity index is 1.86. The van der Waals surface area contributed by atoms with Crippen molar-refractivity contribution in [1.29, 1.82) is 0 Å². The topological polar surface area (TPSA) is 49.4 Å². The molecule has 1 fully saturated rings. The van der Waals surface area contributed by atoms with Gasteiger partial charge in [0.05, 0.1) is 5.75 Å². The van der Waals surface area contributed by atoms with Crippen LogP contribution in [0.5, 0.6) is 0 Å². The third kappa shape index (κ3) is 5.32. The molecule has 118 valence electrons. The summed E-state index contributed by atoms with van der Waals surface area (Å²) in [5, 5.41) is 3.26. The molecule has 0 radical (unpaired) electrons. The highest BCUT2D eigenvalue weighted by Gasteiger charge is 2.14. The molecule has 0 aromatic heterocycles. The van der Waals surface area contributed by atoms with Crippen molar-refractivity contribution < 1.29 is 8.42 Å². The minimum Gasteiger partial charge on any atom is -0.382 e. The van der Waals surface area contributed by atoms with E-state index in [1.165, 1.54) is 31.5 Å². The summed E-state index contributed by atoms with van der Waals surface area (Å²) >= 11 is 0. The molecule has 1 heterocycles. The fourth-order valence-corrected chi connectivity index (χ4v) is 3.81. The van der Waals surface area contributed by atoms with Gasteiger partial charge >= 0.3 is 0 Å². The van der Waals surface area contributed by atoms with Gasteiger partial charge < -0.3 is 5.32 Å². The van der Waals surface area contributed by atoms with E-state index in [9.17, 15) is 8.42 Å². The zero-order valence-corrected chi connectivity index (χ0v) is 13.8. The average Bonchev–Trinajstić information content (AvgIpc) is 2.93. The molecule has 1 aliphatic heterocycles. The van der Waals surface area contributed by atoms with Crippen molar-refractivity contribution in [1.82, 2.24) is 4.90 Å². The quantitative estimate of drug-likeness (QED) is 0.841. The lowest BCUT2D eigenvalue weighted by Gasteiger charge is -2.17. The van der Waals surface area contributed by atoms with E-state index in [0.717, 1.165) is 12.2 Å². The highest BCUT2D eigenvalue weighted by Crippen LogP contribution is 2.16. The number of nitrogens with zero attached hydrogens (tertiary/aromatic N) is 1. The van der Waals surface area contributed by atoms with E-state index < -0.39 is 9.84 Å². The van der Waals surface area contributed by atoms with Gasteiger partial charge in [0.25, 0.3) is 0 Å². The van der Waals surface area contributed by atoms with Gasteiger partial charge in [-0.2, -0.15) is 0 Å². The number of likely N-dealkylation sites (tertiary alicyclic amines) is 1. The van der Waals surface area contributed by atoms with Crippen LogP contribution in [0.2, 0.25) is 0 Å². The van der Waals surface area contributed by atoms with Crippen LogP contribution in [-0.4, -0.2) is 44.0 Å². The summed E-state index contributed by atoms with van der Waals surface area (Å²) < 4.78 is 23.2. The highest BCUT2D eigenvalue weighted by atomic mass is 32.2. The van der Waals surface area contributed by atoms with Crippen LogP contribution in [-0.2, 0) is 16.4 Å². The van der Waals surface area contributed by atoms with E-state index >= 15 is 0 Å². The monoisotopic (exact) mass is 310 g/mol. The molecule has 0 saturated carbocycles. The fourth-order valence-electron chi connectivity index (χ4n) is 2.73. The van der Waals surface area contributed by atoms with Crippen molar-refractivity contribution in [3.05, 3.63) is 29.8 Å². The molecule has 1 aliphatic rings. The molecular weight excluding hydrogens is 284 g/mol.